The maximum absolute atomic E-state index is 12.8. The highest BCUT2D eigenvalue weighted by molar-refractivity contribution is 8.13. The molecule has 20 nitrogen and oxygen atoms in total. The summed E-state index contributed by atoms with van der Waals surface area (Å²) >= 11 is 0. The monoisotopic (exact) mass is 1290 g/mol. The first-order chi connectivity index (χ1) is 43.3. The number of nitriles is 3. The van der Waals surface area contributed by atoms with Crippen LogP contribution in [0.4, 0.5) is 0 Å². The van der Waals surface area contributed by atoms with Gasteiger partial charge in [0.25, 0.3) is 0 Å². The lowest BCUT2D eigenvalue weighted by Crippen LogP contribution is -2.27. The highest BCUT2D eigenvalue weighted by atomic mass is 35.7. The second-order valence-electron chi connectivity index (χ2n) is 27.2. The molecule has 22 heteroatoms. The van der Waals surface area contributed by atoms with Crippen LogP contribution in [0.3, 0.4) is 0 Å². The Bertz CT molecular complexity index is 4380. The van der Waals surface area contributed by atoms with Crippen LogP contribution in [0.1, 0.15) is 128 Å². The number of benzene rings is 3. The normalized spacial score (nSPS) is 13.4. The molecular weight excluding hydrogens is 1200 g/mol. The first-order valence-electron chi connectivity index (χ1n) is 31.0. The molecule has 11 rings (SSSR count). The summed E-state index contributed by atoms with van der Waals surface area (Å²) in [7, 11) is 6.52. The molecule has 0 atom stereocenters. The lowest BCUT2D eigenvalue weighted by Gasteiger charge is -2.18. The predicted molar refractivity (Wildman–Crippen MR) is 366 cm³/mol. The van der Waals surface area contributed by atoms with E-state index in [0.29, 0.717) is 75.8 Å². The third kappa shape index (κ3) is 18.2. The number of aliphatic hydroxyl groups excluding tert-OH is 1. The Labute approximate surface area is 544 Å². The van der Waals surface area contributed by atoms with Crippen molar-refractivity contribution in [2.45, 2.75) is 134 Å². The number of imidazole rings is 3. The van der Waals surface area contributed by atoms with Crippen LogP contribution in [-0.4, -0.2) is 93.2 Å². The molecule has 2 N–H and O–H groups in total. The van der Waals surface area contributed by atoms with E-state index in [0.717, 1.165) is 71.2 Å². The number of halogens is 1. The lowest BCUT2D eigenvalue weighted by atomic mass is 9.97. The fourth-order valence-corrected chi connectivity index (χ4v) is 11.1. The number of pyridine rings is 3. The molecule has 0 bridgehead atoms. The number of hydrogen-bond donors (Lipinski definition) is 2. The molecule has 0 radical (unpaired) electrons. The van der Waals surface area contributed by atoms with E-state index < -0.39 is 9.05 Å². The summed E-state index contributed by atoms with van der Waals surface area (Å²) in [5.41, 5.74) is 13.0. The average Bonchev–Trinajstić information content (AvgIpc) is 1.62. The van der Waals surface area contributed by atoms with Crippen molar-refractivity contribution >= 4 is 53.2 Å². The van der Waals surface area contributed by atoms with Crippen LogP contribution in [0.2, 0.25) is 0 Å². The molecule has 8 heterocycles. The van der Waals surface area contributed by atoms with Crippen molar-refractivity contribution < 1.29 is 13.5 Å². The molecule has 0 amide bonds. The second kappa shape index (κ2) is 29.9. The summed E-state index contributed by atoms with van der Waals surface area (Å²) in [4.78, 5) is 54.8. The molecular formula is C70H87ClN14O6S. The molecule has 92 heavy (non-hydrogen) atoms. The van der Waals surface area contributed by atoms with Gasteiger partial charge in [0.2, 0.25) is 9.05 Å². The van der Waals surface area contributed by atoms with Crippen LogP contribution >= 0.6 is 10.7 Å². The van der Waals surface area contributed by atoms with Gasteiger partial charge < -0.3 is 10.4 Å². The number of aliphatic hydroxyl groups is 1. The number of fused-ring (bicyclic) bond motifs is 3. The van der Waals surface area contributed by atoms with E-state index in [1.165, 1.54) is 48.9 Å². The summed E-state index contributed by atoms with van der Waals surface area (Å²) in [6, 6.07) is 35.1. The quantitative estimate of drug-likeness (QED) is 0.121. The predicted octanol–water partition coefficient (Wildman–Crippen LogP) is 11.2. The Kier molecular flexibility index (Phi) is 23.0. The molecule has 9 aromatic rings. The Morgan fingerprint density at radius 1 is 0.522 bits per heavy atom. The first-order valence-corrected chi connectivity index (χ1v) is 33.7. The average molecular weight is 1290 g/mol. The number of aryl methyl sites for hydroxylation is 4. The molecule has 2 aliphatic heterocycles. The van der Waals surface area contributed by atoms with Gasteiger partial charge in [0.1, 0.15) is 0 Å². The summed E-state index contributed by atoms with van der Waals surface area (Å²) in [5, 5.41) is 41.1. The van der Waals surface area contributed by atoms with Gasteiger partial charge >= 0.3 is 17.1 Å². The molecule has 6 aromatic heterocycles. The van der Waals surface area contributed by atoms with Gasteiger partial charge in [-0.1, -0.05) is 87.4 Å². The Morgan fingerprint density at radius 2 is 0.837 bits per heavy atom. The third-order valence-corrected chi connectivity index (χ3v) is 15.4. The number of aromatic nitrogens is 9. The molecule has 486 valence electrons. The molecule has 0 spiro atoms. The van der Waals surface area contributed by atoms with Crippen molar-refractivity contribution in [1.29, 1.82) is 15.8 Å². The van der Waals surface area contributed by atoms with Crippen molar-refractivity contribution in [3.05, 3.63) is 156 Å². The van der Waals surface area contributed by atoms with Gasteiger partial charge in [0.05, 0.1) is 81.4 Å². The van der Waals surface area contributed by atoms with Gasteiger partial charge in [-0.05, 0) is 164 Å². The fourth-order valence-electron chi connectivity index (χ4n) is 11.1. The molecule has 3 aromatic carbocycles. The van der Waals surface area contributed by atoms with E-state index in [2.05, 4.69) is 119 Å². The highest BCUT2D eigenvalue weighted by Crippen LogP contribution is 2.31. The molecule has 0 saturated carbocycles. The highest BCUT2D eigenvalue weighted by Gasteiger charge is 2.24. The minimum atomic E-state index is -3.19. The number of nitrogens with one attached hydrogen (secondary N) is 1. The number of hydrogen-bond acceptors (Lipinski definition) is 14. The summed E-state index contributed by atoms with van der Waals surface area (Å²) in [6.45, 7) is 28.4. The van der Waals surface area contributed by atoms with Crippen LogP contribution in [0.5, 0.6) is 0 Å². The van der Waals surface area contributed by atoms with Gasteiger partial charge in [0, 0.05) is 74.7 Å². The summed E-state index contributed by atoms with van der Waals surface area (Å²) in [5.74, 6) is 0. The Balaban J connectivity index is 0.000000182. The summed E-state index contributed by atoms with van der Waals surface area (Å²) < 4.78 is 28.8. The van der Waals surface area contributed by atoms with Gasteiger partial charge in [-0.15, -0.1) is 0 Å². The lowest BCUT2D eigenvalue weighted by molar-refractivity contribution is 0.282. The standard InChI is InChI=1S/C24H29N5O.C21H24N4O.C20H22N4O2.C4H9N.CH3ClO2S/c1-24(2,3)16-29-21-10-9-20(26-22(21)27(4)23(29)30)19-13-17(7-8-18(19)14-25)15-28-11-5-6-12-28;1-6-14-7-8-15(12-22)16(11-14)17-9-10-18-19(23-17)24(5)20(26)25(18)13-21(2,3)4;1-20(2,3)12-24-17-8-7-16(22-18(17)23(4)19(24)26)15-9-13(11-25)5-6-14(15)10-21;1-2-4-5-3-1;1-5(2,3)4/h7-10,13H,5-6,11-12,15-16H2,1-4H3;7-11H,6,13H2,1-5H3;5-9,25H,11-12H2,1-4H3;5H,1-4H2;1H3. The summed E-state index contributed by atoms with van der Waals surface area (Å²) in [6.07, 6.45) is 7.10. The Morgan fingerprint density at radius 3 is 1.13 bits per heavy atom. The topological polar surface area (TPSA) is 260 Å². The van der Waals surface area contributed by atoms with E-state index in [1.54, 1.807) is 62.2 Å². The fraction of sp³-hybridized carbons (Fsp3) is 0.443. The van der Waals surface area contributed by atoms with Crippen LogP contribution in [0, 0.1) is 50.2 Å². The van der Waals surface area contributed by atoms with E-state index in [9.17, 15) is 43.7 Å². The van der Waals surface area contributed by atoms with Crippen LogP contribution < -0.4 is 22.4 Å². The van der Waals surface area contributed by atoms with E-state index in [1.807, 2.05) is 66.7 Å². The molecule has 0 aliphatic carbocycles. The minimum Gasteiger partial charge on any atom is -0.392 e. The smallest absolute Gasteiger partial charge is 0.330 e. The molecule has 0 unspecified atom stereocenters. The first kappa shape index (κ1) is 71.0. The number of likely N-dealkylation sites (tertiary alicyclic amines) is 1. The zero-order valence-corrected chi connectivity index (χ0v) is 57.2. The number of nitrogens with zero attached hydrogens (tertiary/aromatic N) is 13. The largest absolute Gasteiger partial charge is 0.392 e. The SMILES string of the molecule is C1CCNC1.CCc1ccc(C#N)c(-c2ccc3c(n2)n(C)c(=O)n3CC(C)(C)C)c1.CS(=O)(=O)Cl.Cn1c(=O)n(CC(C)(C)C)c2ccc(-c3cc(CN4CCCC4)ccc3C#N)nc21.Cn1c(=O)n(CC(C)(C)C)c2ccc(-c3cc(CO)ccc3C#N)nc21. The van der Waals surface area contributed by atoms with Gasteiger partial charge in [-0.25, -0.2) is 37.8 Å². The van der Waals surface area contributed by atoms with Crippen LogP contribution in [0.15, 0.2) is 105 Å². The molecule has 2 saturated heterocycles. The third-order valence-electron chi connectivity index (χ3n) is 15.4. The van der Waals surface area contributed by atoms with E-state index >= 15 is 0 Å². The number of rotatable bonds is 10. The van der Waals surface area contributed by atoms with Crippen molar-refractivity contribution in [2.75, 3.05) is 32.4 Å². The second-order valence-corrected chi connectivity index (χ2v) is 30.2. The van der Waals surface area contributed by atoms with Crippen molar-refractivity contribution in [1.82, 2.24) is 52.6 Å². The van der Waals surface area contributed by atoms with Gasteiger partial charge in [-0.2, -0.15) is 15.8 Å². The van der Waals surface area contributed by atoms with E-state index in [4.69, 9.17) is 9.97 Å². The van der Waals surface area contributed by atoms with Crippen LogP contribution in [0.25, 0.3) is 67.3 Å². The van der Waals surface area contributed by atoms with Crippen molar-refractivity contribution in [2.24, 2.45) is 37.4 Å². The minimum absolute atomic E-state index is 0.0137. The zero-order chi connectivity index (χ0) is 67.6. The van der Waals surface area contributed by atoms with E-state index in [-0.39, 0.29) is 39.9 Å². The van der Waals surface area contributed by atoms with Gasteiger partial charge in [-0.3, -0.25) is 32.3 Å². The molecule has 2 fully saturated rings. The van der Waals surface area contributed by atoms with Crippen molar-refractivity contribution in [3.8, 4) is 52.0 Å². The van der Waals surface area contributed by atoms with Crippen molar-refractivity contribution in [3.63, 3.8) is 0 Å². The van der Waals surface area contributed by atoms with Gasteiger partial charge in [0.15, 0.2) is 16.9 Å². The molecule has 2 aliphatic rings. The van der Waals surface area contributed by atoms with Crippen LogP contribution in [-0.2, 0) is 69.4 Å². The maximum Gasteiger partial charge on any atom is 0.330 e. The zero-order valence-electron chi connectivity index (χ0n) is 55.6. The Hall–Kier alpha value is -8.49. The maximum atomic E-state index is 12.8.